The standard InChI is InChI=1S/C34H41N3O4S/c1-6-17-35(25-15-9-8-10-16-25)31(39)27-26-21-24(5)34(42-26)28(27)32(40)37(19-12-20-38)30(34)33(41)36(18-7-2)29-22(3)13-11-14-23(29)4/h6-11,13-16,24,26-28,30,38H,1-2,12,17-21H2,3-5H3/t24?,26-,27+,28+,30?,34?/m1/s1. The van der Waals surface area contributed by atoms with E-state index in [4.69, 9.17) is 0 Å². The van der Waals surface area contributed by atoms with Gasteiger partial charge in [0.1, 0.15) is 6.04 Å². The number of para-hydroxylation sites is 2. The van der Waals surface area contributed by atoms with Gasteiger partial charge in [0.2, 0.25) is 11.8 Å². The topological polar surface area (TPSA) is 81.2 Å². The van der Waals surface area contributed by atoms with Gasteiger partial charge >= 0.3 is 0 Å². The maximum absolute atomic E-state index is 14.9. The summed E-state index contributed by atoms with van der Waals surface area (Å²) in [5.74, 6) is -1.55. The second-order valence-corrected chi connectivity index (χ2v) is 13.3. The molecule has 0 aliphatic carbocycles. The molecule has 1 N–H and O–H groups in total. The number of thioether (sulfide) groups is 1. The average Bonchev–Trinajstić information content (AvgIpc) is 3.57. The molecule has 3 fully saturated rings. The van der Waals surface area contributed by atoms with Crippen LogP contribution in [-0.4, -0.2) is 70.0 Å². The predicted octanol–water partition coefficient (Wildman–Crippen LogP) is 4.76. The lowest BCUT2D eigenvalue weighted by molar-refractivity contribution is -0.139. The monoisotopic (exact) mass is 587 g/mol. The first-order chi connectivity index (χ1) is 20.2. The average molecular weight is 588 g/mol. The zero-order chi connectivity index (χ0) is 30.2. The first kappa shape index (κ1) is 30.1. The largest absolute Gasteiger partial charge is 0.396 e. The third-order valence-corrected chi connectivity index (χ3v) is 11.3. The van der Waals surface area contributed by atoms with Gasteiger partial charge < -0.3 is 19.8 Å². The molecule has 8 heteroatoms. The van der Waals surface area contributed by atoms with Gasteiger partial charge in [-0.2, -0.15) is 0 Å². The third-order valence-electron chi connectivity index (χ3n) is 9.25. The summed E-state index contributed by atoms with van der Waals surface area (Å²) < 4.78 is -0.749. The number of anilines is 2. The normalized spacial score (nSPS) is 27.6. The van der Waals surface area contributed by atoms with Gasteiger partial charge in [-0.15, -0.1) is 24.9 Å². The first-order valence-electron chi connectivity index (χ1n) is 14.8. The molecule has 1 spiro atoms. The number of carbonyl (C=O) groups is 3. The van der Waals surface area contributed by atoms with Crippen LogP contribution in [0.5, 0.6) is 0 Å². The predicted molar refractivity (Wildman–Crippen MR) is 170 cm³/mol. The quantitative estimate of drug-likeness (QED) is 0.384. The molecule has 3 heterocycles. The Bertz CT molecular complexity index is 1360. The number of nitrogens with zero attached hydrogens (tertiary/aromatic N) is 3. The van der Waals surface area contributed by atoms with Gasteiger partial charge in [0.15, 0.2) is 0 Å². The highest BCUT2D eigenvalue weighted by molar-refractivity contribution is 8.02. The van der Waals surface area contributed by atoms with Crippen molar-refractivity contribution in [2.24, 2.45) is 17.8 Å². The molecule has 0 saturated carbocycles. The Hall–Kier alpha value is -3.36. The number of benzene rings is 2. The van der Waals surface area contributed by atoms with Crippen molar-refractivity contribution in [3.05, 3.63) is 85.0 Å². The lowest BCUT2D eigenvalue weighted by Gasteiger charge is -2.41. The lowest BCUT2D eigenvalue weighted by atomic mass is 9.65. The minimum Gasteiger partial charge on any atom is -0.396 e. The summed E-state index contributed by atoms with van der Waals surface area (Å²) in [4.78, 5) is 48.9. The molecule has 0 aromatic heterocycles. The molecule has 7 nitrogen and oxygen atoms in total. The molecule has 3 aliphatic heterocycles. The van der Waals surface area contributed by atoms with Crippen molar-refractivity contribution in [1.82, 2.24) is 4.90 Å². The van der Waals surface area contributed by atoms with E-state index in [0.717, 1.165) is 28.9 Å². The number of likely N-dealkylation sites (tertiary alicyclic amines) is 1. The van der Waals surface area contributed by atoms with Gasteiger partial charge in [-0.25, -0.2) is 0 Å². The lowest BCUT2D eigenvalue weighted by Crippen LogP contribution is -2.58. The van der Waals surface area contributed by atoms with Gasteiger partial charge in [-0.1, -0.05) is 55.5 Å². The number of hydrogen-bond donors (Lipinski definition) is 1. The fourth-order valence-corrected chi connectivity index (χ4v) is 10.0. The SMILES string of the molecule is C=CCN(C(=O)[C@@H]1[C@H]2C(=O)N(CCCO)C(C(=O)N(CC=C)c3c(C)cccc3C)C23S[C@@H]1CC3C)c1ccccc1. The van der Waals surface area contributed by atoms with Crippen LogP contribution < -0.4 is 9.80 Å². The summed E-state index contributed by atoms with van der Waals surface area (Å²) in [5, 5.41) is 9.67. The number of rotatable bonds is 11. The van der Waals surface area contributed by atoms with E-state index in [2.05, 4.69) is 20.1 Å². The van der Waals surface area contributed by atoms with Crippen LogP contribution in [0.15, 0.2) is 73.8 Å². The molecule has 2 bridgehead atoms. The second kappa shape index (κ2) is 12.1. The molecule has 2 aromatic rings. The van der Waals surface area contributed by atoms with Gasteiger partial charge in [0, 0.05) is 42.9 Å². The summed E-state index contributed by atoms with van der Waals surface area (Å²) >= 11 is 1.67. The van der Waals surface area contributed by atoms with Crippen LogP contribution in [0.4, 0.5) is 11.4 Å². The number of fused-ring (bicyclic) bond motifs is 1. The molecule has 6 atom stereocenters. The van der Waals surface area contributed by atoms with Crippen molar-refractivity contribution in [3.63, 3.8) is 0 Å². The fraction of sp³-hybridized carbons (Fsp3) is 0.441. The number of aryl methyl sites for hydroxylation is 2. The van der Waals surface area contributed by atoms with E-state index in [0.29, 0.717) is 19.5 Å². The number of hydrogen-bond acceptors (Lipinski definition) is 5. The van der Waals surface area contributed by atoms with E-state index in [1.54, 1.807) is 38.6 Å². The molecule has 2 aromatic carbocycles. The van der Waals surface area contributed by atoms with Crippen molar-refractivity contribution in [3.8, 4) is 0 Å². The maximum Gasteiger partial charge on any atom is 0.251 e. The number of aliphatic hydroxyl groups excluding tert-OH is 1. The molecular weight excluding hydrogens is 546 g/mol. The zero-order valence-corrected chi connectivity index (χ0v) is 25.6. The Labute approximate surface area is 253 Å². The molecule has 3 saturated heterocycles. The highest BCUT2D eigenvalue weighted by atomic mass is 32.2. The molecule has 5 rings (SSSR count). The molecule has 3 aliphatic rings. The van der Waals surface area contributed by atoms with E-state index in [1.807, 2.05) is 62.4 Å². The van der Waals surface area contributed by atoms with Crippen LogP contribution in [0.25, 0.3) is 0 Å². The number of aliphatic hydroxyl groups is 1. The fourth-order valence-electron chi connectivity index (χ4n) is 7.60. The van der Waals surface area contributed by atoms with Crippen molar-refractivity contribution in [2.45, 2.75) is 49.7 Å². The number of carbonyl (C=O) groups excluding carboxylic acids is 3. The summed E-state index contributed by atoms with van der Waals surface area (Å²) in [5.41, 5.74) is 3.53. The second-order valence-electron chi connectivity index (χ2n) is 11.7. The number of amides is 3. The third kappa shape index (κ3) is 4.69. The van der Waals surface area contributed by atoms with Crippen LogP contribution in [0, 0.1) is 31.6 Å². The summed E-state index contributed by atoms with van der Waals surface area (Å²) in [6.07, 6.45) is 4.54. The highest BCUT2D eigenvalue weighted by Gasteiger charge is 2.76. The van der Waals surface area contributed by atoms with E-state index in [1.165, 1.54) is 0 Å². The van der Waals surface area contributed by atoms with Gasteiger partial charge in [0.05, 0.1) is 16.6 Å². The Morgan fingerprint density at radius 1 is 1.02 bits per heavy atom. The molecule has 3 unspecified atom stereocenters. The van der Waals surface area contributed by atoms with Crippen molar-refractivity contribution in [2.75, 3.05) is 36.0 Å². The van der Waals surface area contributed by atoms with Gasteiger partial charge in [-0.05, 0) is 55.9 Å². The summed E-state index contributed by atoms with van der Waals surface area (Å²) in [7, 11) is 0. The van der Waals surface area contributed by atoms with Crippen molar-refractivity contribution >= 4 is 40.9 Å². The van der Waals surface area contributed by atoms with Gasteiger partial charge in [0.25, 0.3) is 5.91 Å². The first-order valence-corrected chi connectivity index (χ1v) is 15.7. The Kier molecular flexibility index (Phi) is 8.67. The van der Waals surface area contributed by atoms with E-state index in [-0.39, 0.29) is 42.0 Å². The van der Waals surface area contributed by atoms with Crippen LogP contribution in [-0.2, 0) is 14.4 Å². The Morgan fingerprint density at radius 2 is 1.67 bits per heavy atom. The van der Waals surface area contributed by atoms with E-state index in [9.17, 15) is 19.5 Å². The molecular formula is C34H41N3O4S. The zero-order valence-electron chi connectivity index (χ0n) is 24.7. The Morgan fingerprint density at radius 3 is 2.29 bits per heavy atom. The van der Waals surface area contributed by atoms with Crippen molar-refractivity contribution < 1.29 is 19.5 Å². The molecule has 42 heavy (non-hydrogen) atoms. The minimum absolute atomic E-state index is 0.0479. The summed E-state index contributed by atoms with van der Waals surface area (Å²) in [6, 6.07) is 14.7. The van der Waals surface area contributed by atoms with E-state index < -0.39 is 22.6 Å². The molecule has 0 radical (unpaired) electrons. The Balaban J connectivity index is 1.61. The minimum atomic E-state index is -0.757. The van der Waals surface area contributed by atoms with Gasteiger partial charge in [-0.3, -0.25) is 14.4 Å². The molecule has 3 amide bonds. The highest BCUT2D eigenvalue weighted by Crippen LogP contribution is 2.69. The maximum atomic E-state index is 14.9. The van der Waals surface area contributed by atoms with Crippen LogP contribution in [0.3, 0.4) is 0 Å². The smallest absolute Gasteiger partial charge is 0.251 e. The molecule has 222 valence electrons. The van der Waals surface area contributed by atoms with Crippen molar-refractivity contribution in [1.29, 1.82) is 0 Å². The van der Waals surface area contributed by atoms with E-state index >= 15 is 0 Å². The van der Waals surface area contributed by atoms with Crippen LogP contribution in [0.1, 0.15) is 30.9 Å². The van der Waals surface area contributed by atoms with Crippen LogP contribution >= 0.6 is 11.8 Å². The van der Waals surface area contributed by atoms with Crippen LogP contribution in [0.2, 0.25) is 0 Å². The summed E-state index contributed by atoms with van der Waals surface area (Å²) in [6.45, 7) is 14.7.